The van der Waals surface area contributed by atoms with Crippen LogP contribution in [0.1, 0.15) is 42.7 Å². The number of rotatable bonds is 10. The Bertz CT molecular complexity index is 1030. The van der Waals surface area contributed by atoms with Crippen molar-refractivity contribution < 1.29 is 24.2 Å². The molecule has 1 atom stereocenters. The number of carboxylic acid groups (broad SMARTS) is 1. The largest absolute Gasteiger partial charge is 0.481 e. The summed E-state index contributed by atoms with van der Waals surface area (Å²) in [7, 11) is 0. The van der Waals surface area contributed by atoms with Gasteiger partial charge in [-0.1, -0.05) is 54.6 Å². The number of ether oxygens (including phenoxy) is 1. The minimum atomic E-state index is -0.828. The zero-order valence-electron chi connectivity index (χ0n) is 19.1. The molecule has 1 heterocycles. The molecule has 34 heavy (non-hydrogen) atoms. The van der Waals surface area contributed by atoms with E-state index in [2.05, 4.69) is 36.2 Å². The van der Waals surface area contributed by atoms with E-state index in [9.17, 15) is 14.4 Å². The van der Waals surface area contributed by atoms with Gasteiger partial charge in [0.15, 0.2) is 0 Å². The molecule has 7 nitrogen and oxygen atoms in total. The number of hydrogen-bond acceptors (Lipinski definition) is 4. The highest BCUT2D eigenvalue weighted by Gasteiger charge is 2.35. The number of carbonyl (C=O) groups excluding carboxylic acids is 2. The summed E-state index contributed by atoms with van der Waals surface area (Å²) in [6.45, 7) is 4.93. The summed E-state index contributed by atoms with van der Waals surface area (Å²) in [4.78, 5) is 38.0. The molecule has 0 bridgehead atoms. The van der Waals surface area contributed by atoms with Crippen molar-refractivity contribution in [1.29, 1.82) is 0 Å². The molecule has 1 fully saturated rings. The molecule has 0 saturated carbocycles. The lowest BCUT2D eigenvalue weighted by atomic mass is 9.93. The van der Waals surface area contributed by atoms with E-state index in [1.165, 1.54) is 0 Å². The van der Waals surface area contributed by atoms with Crippen molar-refractivity contribution in [3.8, 4) is 11.1 Å². The van der Waals surface area contributed by atoms with E-state index in [1.54, 1.807) is 11.0 Å². The third kappa shape index (κ3) is 5.14. The van der Waals surface area contributed by atoms with Crippen molar-refractivity contribution in [1.82, 2.24) is 10.2 Å². The molecule has 1 saturated heterocycles. The molecular weight excluding hydrogens is 432 g/mol. The Labute approximate surface area is 199 Å². The van der Waals surface area contributed by atoms with Crippen LogP contribution in [0.5, 0.6) is 0 Å². The van der Waals surface area contributed by atoms with Gasteiger partial charge < -0.3 is 20.1 Å². The maximum Gasteiger partial charge on any atom is 0.407 e. The van der Waals surface area contributed by atoms with E-state index >= 15 is 0 Å². The molecule has 178 valence electrons. The van der Waals surface area contributed by atoms with E-state index in [0.29, 0.717) is 32.4 Å². The van der Waals surface area contributed by atoms with Gasteiger partial charge in [-0.05, 0) is 47.4 Å². The molecule has 1 unspecified atom stereocenters. The molecule has 2 aliphatic rings. The zero-order chi connectivity index (χ0) is 24.1. The third-order valence-corrected chi connectivity index (χ3v) is 6.63. The number of amides is 2. The average molecular weight is 463 g/mol. The van der Waals surface area contributed by atoms with Crippen molar-refractivity contribution in [2.45, 2.75) is 37.6 Å². The fraction of sp³-hybridized carbons (Fsp3) is 0.370. The molecule has 7 heteroatoms. The first-order chi connectivity index (χ1) is 16.5. The summed E-state index contributed by atoms with van der Waals surface area (Å²) >= 11 is 0. The number of nitrogens with one attached hydrogen (secondary N) is 1. The van der Waals surface area contributed by atoms with E-state index in [-0.39, 0.29) is 30.8 Å². The molecule has 2 aromatic rings. The van der Waals surface area contributed by atoms with Crippen LogP contribution in [0.2, 0.25) is 0 Å². The zero-order valence-corrected chi connectivity index (χ0v) is 19.1. The van der Waals surface area contributed by atoms with Gasteiger partial charge in [-0.25, -0.2) is 4.79 Å². The number of aliphatic carboxylic acids is 1. The lowest BCUT2D eigenvalue weighted by molar-refractivity contribution is -0.141. The predicted octanol–water partition coefficient (Wildman–Crippen LogP) is 4.18. The normalized spacial score (nSPS) is 15.6. The van der Waals surface area contributed by atoms with Crippen molar-refractivity contribution in [3.05, 3.63) is 72.3 Å². The van der Waals surface area contributed by atoms with Gasteiger partial charge in [-0.3, -0.25) is 9.59 Å². The van der Waals surface area contributed by atoms with E-state index < -0.39 is 18.1 Å². The molecule has 0 aromatic heterocycles. The van der Waals surface area contributed by atoms with E-state index in [0.717, 1.165) is 22.3 Å². The molecular formula is C27H30N2O5. The molecule has 1 aliphatic carbocycles. The van der Waals surface area contributed by atoms with E-state index in [1.807, 2.05) is 24.3 Å². The molecule has 4 rings (SSSR count). The number of nitrogens with zero attached hydrogens (tertiary/aromatic N) is 1. The second-order valence-electron chi connectivity index (χ2n) is 8.93. The number of allylic oxidation sites excluding steroid dienone is 1. The van der Waals surface area contributed by atoms with Crippen LogP contribution in [0.25, 0.3) is 11.1 Å². The number of fused-ring (bicyclic) bond motifs is 3. The lowest BCUT2D eigenvalue weighted by Gasteiger charge is -2.41. The van der Waals surface area contributed by atoms with Gasteiger partial charge in [0.25, 0.3) is 0 Å². The number of likely N-dealkylation sites (tertiary alicyclic amines) is 1. The van der Waals surface area contributed by atoms with Crippen molar-refractivity contribution >= 4 is 18.0 Å². The Morgan fingerprint density at radius 3 is 2.29 bits per heavy atom. The second kappa shape index (κ2) is 10.5. The van der Waals surface area contributed by atoms with Gasteiger partial charge in [0.2, 0.25) is 5.91 Å². The van der Waals surface area contributed by atoms with Gasteiger partial charge in [-0.15, -0.1) is 6.58 Å². The number of carbonyl (C=O) groups is 3. The highest BCUT2D eigenvalue weighted by molar-refractivity contribution is 5.86. The summed E-state index contributed by atoms with van der Waals surface area (Å²) in [5.41, 5.74) is 4.57. The van der Waals surface area contributed by atoms with Crippen molar-refractivity contribution in [3.63, 3.8) is 0 Å². The van der Waals surface area contributed by atoms with Crippen LogP contribution in [0, 0.1) is 5.92 Å². The first-order valence-corrected chi connectivity index (χ1v) is 11.7. The fourth-order valence-electron chi connectivity index (χ4n) is 4.80. The Hall–Kier alpha value is -3.61. The quantitative estimate of drug-likeness (QED) is 0.517. The standard InChI is InChI=1S/C27H30N2O5/c1-2-3-12-24(26(32)29-15-18(16-29)13-14-25(30)31)28-27(33)34-17-23-21-10-6-4-8-19(21)20-9-5-7-11-22(20)23/h2,4-11,18,23-24H,1,3,12-17H2,(H,28,33)(H,30,31). The van der Waals surface area contributed by atoms with Crippen molar-refractivity contribution in [2.24, 2.45) is 5.92 Å². The van der Waals surface area contributed by atoms with Gasteiger partial charge in [0.1, 0.15) is 12.6 Å². The van der Waals surface area contributed by atoms with Crippen LogP contribution in [-0.4, -0.2) is 53.7 Å². The SMILES string of the molecule is C=CCCC(NC(=O)OCC1c2ccccc2-c2ccccc21)C(=O)N1CC(CCC(=O)O)C1. The fourth-order valence-corrected chi connectivity index (χ4v) is 4.80. The highest BCUT2D eigenvalue weighted by Crippen LogP contribution is 2.44. The molecule has 2 N–H and O–H groups in total. The van der Waals surface area contributed by atoms with Crippen LogP contribution in [0.4, 0.5) is 4.79 Å². The van der Waals surface area contributed by atoms with Crippen LogP contribution in [-0.2, 0) is 14.3 Å². The monoisotopic (exact) mass is 462 g/mol. The highest BCUT2D eigenvalue weighted by atomic mass is 16.5. The Morgan fingerprint density at radius 1 is 1.09 bits per heavy atom. The van der Waals surface area contributed by atoms with Gasteiger partial charge in [0, 0.05) is 25.4 Å². The third-order valence-electron chi connectivity index (χ3n) is 6.63. The van der Waals surface area contributed by atoms with Crippen LogP contribution >= 0.6 is 0 Å². The van der Waals surface area contributed by atoms with Gasteiger partial charge in [-0.2, -0.15) is 0 Å². The first-order valence-electron chi connectivity index (χ1n) is 11.7. The number of alkyl carbamates (subject to hydrolysis) is 1. The second-order valence-corrected chi connectivity index (χ2v) is 8.93. The molecule has 2 aromatic carbocycles. The summed E-state index contributed by atoms with van der Waals surface area (Å²) in [5, 5.41) is 11.6. The topological polar surface area (TPSA) is 95.9 Å². The Balaban J connectivity index is 1.34. The Morgan fingerprint density at radius 2 is 1.71 bits per heavy atom. The van der Waals surface area contributed by atoms with E-state index in [4.69, 9.17) is 9.84 Å². The van der Waals surface area contributed by atoms with Crippen LogP contribution in [0.15, 0.2) is 61.2 Å². The van der Waals surface area contributed by atoms with Crippen molar-refractivity contribution in [2.75, 3.05) is 19.7 Å². The first kappa shape index (κ1) is 23.5. The number of benzene rings is 2. The van der Waals surface area contributed by atoms with Crippen LogP contribution < -0.4 is 5.32 Å². The lowest BCUT2D eigenvalue weighted by Crippen LogP contribution is -2.57. The van der Waals surface area contributed by atoms with Gasteiger partial charge in [0.05, 0.1) is 0 Å². The molecule has 1 aliphatic heterocycles. The summed E-state index contributed by atoms with van der Waals surface area (Å²) in [5.74, 6) is -0.854. The Kier molecular flexibility index (Phi) is 7.30. The number of carboxylic acids is 1. The minimum Gasteiger partial charge on any atom is -0.481 e. The molecule has 2 amide bonds. The minimum absolute atomic E-state index is 0.0501. The maximum atomic E-state index is 12.9. The molecule has 0 radical (unpaired) electrons. The average Bonchev–Trinajstić information content (AvgIpc) is 3.12. The summed E-state index contributed by atoms with van der Waals surface area (Å²) in [6, 6.07) is 15.5. The maximum absolute atomic E-state index is 12.9. The molecule has 0 spiro atoms. The predicted molar refractivity (Wildman–Crippen MR) is 128 cm³/mol. The summed E-state index contributed by atoms with van der Waals surface area (Å²) in [6.07, 6.45) is 2.76. The van der Waals surface area contributed by atoms with Crippen LogP contribution in [0.3, 0.4) is 0 Å². The smallest absolute Gasteiger partial charge is 0.407 e. The number of hydrogen-bond donors (Lipinski definition) is 2. The van der Waals surface area contributed by atoms with Gasteiger partial charge >= 0.3 is 12.1 Å². The summed E-state index contributed by atoms with van der Waals surface area (Å²) < 4.78 is 5.61.